The molecule has 4 rings (SSSR count). The third kappa shape index (κ3) is 3.86. The van der Waals surface area contributed by atoms with Gasteiger partial charge in [0.05, 0.1) is 30.5 Å². The smallest absolute Gasteiger partial charge is 0.246 e. The van der Waals surface area contributed by atoms with Gasteiger partial charge in [0, 0.05) is 19.8 Å². The number of hydrogen-bond donors (Lipinski definition) is 1. The molecule has 0 spiro atoms. The molecule has 2 aliphatic rings. The molecule has 27 heavy (non-hydrogen) atoms. The molecule has 1 amide bonds. The lowest BCUT2D eigenvalue weighted by molar-refractivity contribution is -0.117. The van der Waals surface area contributed by atoms with Gasteiger partial charge >= 0.3 is 0 Å². The van der Waals surface area contributed by atoms with Crippen LogP contribution in [0, 0.1) is 5.92 Å². The predicted octanol–water partition coefficient (Wildman–Crippen LogP) is 2.85. The number of carbonyl (C=O) groups is 1. The highest BCUT2D eigenvalue weighted by atomic mass is 16.2. The number of anilines is 3. The maximum Gasteiger partial charge on any atom is 0.246 e. The van der Waals surface area contributed by atoms with Gasteiger partial charge in [-0.1, -0.05) is 19.3 Å². The summed E-state index contributed by atoms with van der Waals surface area (Å²) in [6.07, 6.45) is 11.6. The van der Waals surface area contributed by atoms with Crippen LogP contribution in [-0.4, -0.2) is 41.0 Å². The Labute approximate surface area is 159 Å². The second-order valence-corrected chi connectivity index (χ2v) is 7.46. The van der Waals surface area contributed by atoms with Gasteiger partial charge in [0.15, 0.2) is 0 Å². The van der Waals surface area contributed by atoms with Crippen LogP contribution in [0.1, 0.15) is 37.7 Å². The number of likely N-dealkylation sites (N-methyl/N-ethyl adjacent to an activating group) is 1. The summed E-state index contributed by atoms with van der Waals surface area (Å²) in [5.74, 6) is 2.38. The van der Waals surface area contributed by atoms with E-state index in [1.807, 2.05) is 24.1 Å². The first-order valence-corrected chi connectivity index (χ1v) is 9.71. The van der Waals surface area contributed by atoms with Crippen LogP contribution in [0.3, 0.4) is 0 Å². The fraction of sp³-hybridized carbons (Fsp3) is 0.500. The molecule has 142 valence electrons. The number of fused-ring (bicyclic) bond motifs is 1. The normalized spacial score (nSPS) is 18.2. The van der Waals surface area contributed by atoms with Gasteiger partial charge in [-0.3, -0.25) is 9.78 Å². The molecule has 1 fully saturated rings. The largest absolute Gasteiger partial charge is 0.369 e. The number of aromatic nitrogens is 3. The Bertz CT molecular complexity index is 790. The highest BCUT2D eigenvalue weighted by Crippen LogP contribution is 2.30. The molecule has 1 aliphatic heterocycles. The van der Waals surface area contributed by atoms with Crippen LogP contribution in [0.5, 0.6) is 0 Å². The van der Waals surface area contributed by atoms with Gasteiger partial charge in [0.25, 0.3) is 0 Å². The van der Waals surface area contributed by atoms with E-state index in [0.717, 1.165) is 29.4 Å². The van der Waals surface area contributed by atoms with Crippen molar-refractivity contribution in [3.05, 3.63) is 36.4 Å². The number of rotatable bonds is 4. The van der Waals surface area contributed by atoms with Crippen molar-refractivity contribution in [2.24, 2.45) is 5.92 Å². The third-order valence-corrected chi connectivity index (χ3v) is 5.51. The summed E-state index contributed by atoms with van der Waals surface area (Å²) in [5, 5.41) is 3.55. The maximum atomic E-state index is 12.8. The molecule has 0 bridgehead atoms. The number of amides is 1. The van der Waals surface area contributed by atoms with Gasteiger partial charge < -0.3 is 15.1 Å². The molecule has 0 saturated heterocycles. The molecule has 0 atom stereocenters. The summed E-state index contributed by atoms with van der Waals surface area (Å²) in [7, 11) is 1.90. The van der Waals surface area contributed by atoms with Gasteiger partial charge in [-0.25, -0.2) is 9.97 Å². The first kappa shape index (κ1) is 17.7. The lowest BCUT2D eigenvalue weighted by Crippen LogP contribution is -2.35. The van der Waals surface area contributed by atoms with Crippen LogP contribution in [0.2, 0.25) is 0 Å². The number of pyridine rings is 1. The topological polar surface area (TPSA) is 74.2 Å². The molecule has 3 heterocycles. The Morgan fingerprint density at radius 3 is 2.81 bits per heavy atom. The van der Waals surface area contributed by atoms with E-state index in [0.29, 0.717) is 12.5 Å². The molecule has 0 radical (unpaired) electrons. The van der Waals surface area contributed by atoms with Crippen LogP contribution in [0.15, 0.2) is 30.9 Å². The highest BCUT2D eigenvalue weighted by molar-refractivity contribution is 5.97. The Morgan fingerprint density at radius 1 is 1.19 bits per heavy atom. The van der Waals surface area contributed by atoms with E-state index in [2.05, 4.69) is 20.3 Å². The summed E-state index contributed by atoms with van der Waals surface area (Å²) < 4.78 is 0. The van der Waals surface area contributed by atoms with Gasteiger partial charge in [-0.15, -0.1) is 0 Å². The van der Waals surface area contributed by atoms with Gasteiger partial charge in [0.2, 0.25) is 5.91 Å². The van der Waals surface area contributed by atoms with Gasteiger partial charge in [-0.05, 0) is 30.9 Å². The Morgan fingerprint density at radius 2 is 2.04 bits per heavy atom. The molecule has 1 aliphatic carbocycles. The van der Waals surface area contributed by atoms with E-state index in [9.17, 15) is 4.79 Å². The molecule has 1 saturated carbocycles. The molecule has 2 aromatic heterocycles. The van der Waals surface area contributed by atoms with Crippen LogP contribution in [-0.2, 0) is 11.3 Å². The second-order valence-electron chi connectivity index (χ2n) is 7.46. The molecule has 7 nitrogen and oxygen atoms in total. The summed E-state index contributed by atoms with van der Waals surface area (Å²) in [4.78, 5) is 29.6. The van der Waals surface area contributed by atoms with Crippen molar-refractivity contribution in [2.75, 3.05) is 35.3 Å². The van der Waals surface area contributed by atoms with E-state index in [4.69, 9.17) is 0 Å². The minimum Gasteiger partial charge on any atom is -0.369 e. The van der Waals surface area contributed by atoms with Crippen molar-refractivity contribution in [2.45, 2.75) is 38.6 Å². The third-order valence-electron chi connectivity index (χ3n) is 5.51. The van der Waals surface area contributed by atoms with Crippen molar-refractivity contribution in [3.8, 4) is 0 Å². The van der Waals surface area contributed by atoms with Gasteiger partial charge in [-0.2, -0.15) is 0 Å². The van der Waals surface area contributed by atoms with Crippen LogP contribution in [0.25, 0.3) is 0 Å². The van der Waals surface area contributed by atoms with E-state index >= 15 is 0 Å². The lowest BCUT2D eigenvalue weighted by Gasteiger charge is -2.24. The van der Waals surface area contributed by atoms with E-state index in [-0.39, 0.29) is 12.5 Å². The molecule has 0 unspecified atom stereocenters. The predicted molar refractivity (Wildman–Crippen MR) is 106 cm³/mol. The standard InChI is InChI=1S/C20H26N6O/c1-25-13-18(27)26(16-8-5-9-21-11-16)12-17-19(23-14-24-20(17)25)22-10-15-6-3-2-4-7-15/h5,8-9,11,14-15H,2-4,6-7,10,12-13H2,1H3,(H,22,23,24). The number of hydrogen-bond acceptors (Lipinski definition) is 6. The minimum atomic E-state index is 0.0294. The fourth-order valence-electron chi connectivity index (χ4n) is 4.02. The molecule has 1 N–H and O–H groups in total. The lowest BCUT2D eigenvalue weighted by atomic mass is 9.89. The molecule has 2 aromatic rings. The first-order valence-electron chi connectivity index (χ1n) is 9.71. The zero-order valence-corrected chi connectivity index (χ0v) is 15.8. The van der Waals surface area contributed by atoms with Crippen molar-refractivity contribution >= 4 is 23.2 Å². The summed E-state index contributed by atoms with van der Waals surface area (Å²) in [5.41, 5.74) is 1.76. The number of carbonyl (C=O) groups excluding carboxylic acids is 1. The fourth-order valence-corrected chi connectivity index (χ4v) is 4.02. The van der Waals surface area contributed by atoms with E-state index < -0.39 is 0 Å². The van der Waals surface area contributed by atoms with Crippen molar-refractivity contribution in [1.82, 2.24) is 15.0 Å². The minimum absolute atomic E-state index is 0.0294. The summed E-state index contributed by atoms with van der Waals surface area (Å²) in [6, 6.07) is 3.76. The first-order chi connectivity index (χ1) is 13.2. The Kier molecular flexibility index (Phi) is 5.18. The Balaban J connectivity index is 1.61. The highest BCUT2D eigenvalue weighted by Gasteiger charge is 2.28. The van der Waals surface area contributed by atoms with E-state index in [1.165, 1.54) is 32.1 Å². The quantitative estimate of drug-likeness (QED) is 0.897. The van der Waals surface area contributed by atoms with Crippen molar-refractivity contribution in [1.29, 1.82) is 0 Å². The number of nitrogens with zero attached hydrogens (tertiary/aromatic N) is 5. The zero-order valence-electron chi connectivity index (χ0n) is 15.8. The van der Waals surface area contributed by atoms with Crippen LogP contribution >= 0.6 is 0 Å². The van der Waals surface area contributed by atoms with Gasteiger partial charge in [0.1, 0.15) is 18.0 Å². The van der Waals surface area contributed by atoms with Crippen LogP contribution < -0.4 is 15.1 Å². The average molecular weight is 366 g/mol. The zero-order chi connectivity index (χ0) is 18.6. The van der Waals surface area contributed by atoms with Crippen LogP contribution in [0.4, 0.5) is 17.3 Å². The summed E-state index contributed by atoms with van der Waals surface area (Å²) >= 11 is 0. The van der Waals surface area contributed by atoms with Crippen molar-refractivity contribution in [3.63, 3.8) is 0 Å². The summed E-state index contributed by atoms with van der Waals surface area (Å²) in [6.45, 7) is 1.65. The van der Waals surface area contributed by atoms with E-state index in [1.54, 1.807) is 23.6 Å². The average Bonchev–Trinajstić information content (AvgIpc) is 2.84. The molecule has 7 heteroatoms. The SMILES string of the molecule is CN1CC(=O)N(c2cccnc2)Cc2c(NCC3CCCCC3)ncnc21. The number of nitrogens with one attached hydrogen (secondary N) is 1. The molecular formula is C20H26N6O. The maximum absolute atomic E-state index is 12.8. The Hall–Kier alpha value is -2.70. The van der Waals surface area contributed by atoms with Crippen molar-refractivity contribution < 1.29 is 4.79 Å². The molecular weight excluding hydrogens is 340 g/mol. The monoisotopic (exact) mass is 366 g/mol. The second kappa shape index (κ2) is 7.90. The molecule has 0 aromatic carbocycles.